The zero-order valence-electron chi connectivity index (χ0n) is 11.4. The molecule has 2 aromatic rings. The molecule has 20 heavy (non-hydrogen) atoms. The lowest BCUT2D eigenvalue weighted by atomic mass is 10.1. The second-order valence-electron chi connectivity index (χ2n) is 4.34. The van der Waals surface area contributed by atoms with Crippen molar-refractivity contribution in [1.29, 1.82) is 0 Å². The molecule has 1 aromatic carbocycles. The highest BCUT2D eigenvalue weighted by Gasteiger charge is 2.11. The monoisotopic (exact) mass is 272 g/mol. The molecule has 2 N–H and O–H groups in total. The molecule has 0 aliphatic rings. The van der Waals surface area contributed by atoms with E-state index in [-0.39, 0.29) is 6.01 Å². The Morgan fingerprint density at radius 3 is 2.85 bits per heavy atom. The number of carbonyl (C=O) groups is 1. The molecule has 0 spiro atoms. The number of nitrogens with zero attached hydrogens (tertiary/aromatic N) is 2. The van der Waals surface area contributed by atoms with Crippen LogP contribution in [-0.4, -0.2) is 22.8 Å². The second kappa shape index (κ2) is 6.01. The molecule has 104 valence electrons. The fraction of sp³-hybridized carbons (Fsp3) is 0.214. The van der Waals surface area contributed by atoms with Gasteiger partial charge in [0.05, 0.1) is 0 Å². The van der Waals surface area contributed by atoms with E-state index < -0.39 is 6.03 Å². The summed E-state index contributed by atoms with van der Waals surface area (Å²) in [6.07, 6.45) is 1.58. The molecule has 0 aliphatic heterocycles. The van der Waals surface area contributed by atoms with Gasteiger partial charge in [-0.25, -0.2) is 4.79 Å². The van der Waals surface area contributed by atoms with Crippen molar-refractivity contribution < 1.29 is 9.21 Å². The fourth-order valence-electron chi connectivity index (χ4n) is 1.57. The number of anilines is 1. The van der Waals surface area contributed by atoms with Gasteiger partial charge in [0, 0.05) is 12.1 Å². The first-order valence-electron chi connectivity index (χ1n) is 6.17. The van der Waals surface area contributed by atoms with Crippen molar-refractivity contribution in [2.24, 2.45) is 0 Å². The van der Waals surface area contributed by atoms with Crippen molar-refractivity contribution in [1.82, 2.24) is 15.5 Å². The van der Waals surface area contributed by atoms with Crippen molar-refractivity contribution in [2.45, 2.75) is 13.8 Å². The number of benzene rings is 1. The van der Waals surface area contributed by atoms with Crippen LogP contribution in [0.2, 0.25) is 0 Å². The molecular weight excluding hydrogens is 256 g/mol. The van der Waals surface area contributed by atoms with E-state index in [1.54, 1.807) is 6.08 Å². The lowest BCUT2D eigenvalue weighted by Crippen LogP contribution is -2.28. The van der Waals surface area contributed by atoms with E-state index in [0.717, 1.165) is 11.1 Å². The second-order valence-corrected chi connectivity index (χ2v) is 4.34. The third kappa shape index (κ3) is 3.23. The topological polar surface area (TPSA) is 80.0 Å². The summed E-state index contributed by atoms with van der Waals surface area (Å²) in [6, 6.07) is 5.49. The van der Waals surface area contributed by atoms with Gasteiger partial charge >= 0.3 is 12.0 Å². The van der Waals surface area contributed by atoms with E-state index in [1.165, 1.54) is 5.56 Å². The third-order valence-electron chi connectivity index (χ3n) is 2.81. The van der Waals surface area contributed by atoms with Crippen LogP contribution < -0.4 is 10.6 Å². The molecule has 2 amide bonds. The predicted octanol–water partition coefficient (Wildman–Crippen LogP) is 2.66. The lowest BCUT2D eigenvalue weighted by Gasteiger charge is -2.01. The smallest absolute Gasteiger partial charge is 0.324 e. The van der Waals surface area contributed by atoms with Crippen LogP contribution in [0.5, 0.6) is 0 Å². The predicted molar refractivity (Wildman–Crippen MR) is 76.4 cm³/mol. The Morgan fingerprint density at radius 2 is 2.15 bits per heavy atom. The molecule has 0 fully saturated rings. The lowest BCUT2D eigenvalue weighted by molar-refractivity contribution is 0.252. The number of hydrogen-bond acceptors (Lipinski definition) is 4. The van der Waals surface area contributed by atoms with E-state index in [0.29, 0.717) is 12.4 Å². The molecule has 6 nitrogen and oxygen atoms in total. The summed E-state index contributed by atoms with van der Waals surface area (Å²) in [4.78, 5) is 11.4. The zero-order valence-corrected chi connectivity index (χ0v) is 11.4. The zero-order chi connectivity index (χ0) is 14.5. The first-order valence-corrected chi connectivity index (χ1v) is 6.17. The number of amides is 2. The Hall–Kier alpha value is -2.63. The summed E-state index contributed by atoms with van der Waals surface area (Å²) < 4.78 is 5.40. The average molecular weight is 272 g/mol. The quantitative estimate of drug-likeness (QED) is 0.838. The van der Waals surface area contributed by atoms with Crippen molar-refractivity contribution in [3.63, 3.8) is 0 Å². The van der Waals surface area contributed by atoms with E-state index in [1.807, 2.05) is 32.0 Å². The van der Waals surface area contributed by atoms with Gasteiger partial charge in [-0.15, -0.1) is 11.7 Å². The van der Waals surface area contributed by atoms with E-state index in [9.17, 15) is 4.79 Å². The van der Waals surface area contributed by atoms with Crippen LogP contribution in [0.15, 0.2) is 35.3 Å². The minimum Gasteiger partial charge on any atom is -0.403 e. The summed E-state index contributed by atoms with van der Waals surface area (Å²) in [5.41, 5.74) is 3.15. The van der Waals surface area contributed by atoms with Gasteiger partial charge in [0.25, 0.3) is 0 Å². The first-order chi connectivity index (χ1) is 9.60. The normalized spacial score (nSPS) is 10.1. The molecule has 0 aliphatic carbocycles. The highest BCUT2D eigenvalue weighted by molar-refractivity contribution is 5.87. The van der Waals surface area contributed by atoms with Crippen LogP contribution in [0.25, 0.3) is 11.5 Å². The Morgan fingerprint density at radius 1 is 1.35 bits per heavy atom. The van der Waals surface area contributed by atoms with Gasteiger partial charge in [-0.1, -0.05) is 17.2 Å². The summed E-state index contributed by atoms with van der Waals surface area (Å²) in [5.74, 6) is 0.368. The van der Waals surface area contributed by atoms with Crippen LogP contribution in [-0.2, 0) is 0 Å². The number of rotatable bonds is 4. The standard InChI is InChI=1S/C14H16N4O2/c1-4-7-15-13(19)16-14-18-17-12(20-14)11-6-5-9(2)10(3)8-11/h4-6,8H,1,7H2,2-3H3,(H2,15,16,18,19). The van der Waals surface area contributed by atoms with Crippen molar-refractivity contribution in [3.05, 3.63) is 42.0 Å². The van der Waals surface area contributed by atoms with E-state index in [4.69, 9.17) is 4.42 Å². The molecule has 0 unspecified atom stereocenters. The maximum Gasteiger partial charge on any atom is 0.324 e. The minimum atomic E-state index is -0.416. The van der Waals surface area contributed by atoms with Gasteiger partial charge < -0.3 is 9.73 Å². The number of urea groups is 1. The average Bonchev–Trinajstić information content (AvgIpc) is 2.88. The van der Waals surface area contributed by atoms with Gasteiger partial charge in [-0.05, 0) is 37.1 Å². The molecule has 1 heterocycles. The largest absolute Gasteiger partial charge is 0.403 e. The molecule has 1 aromatic heterocycles. The molecular formula is C14H16N4O2. The summed E-state index contributed by atoms with van der Waals surface area (Å²) in [7, 11) is 0. The van der Waals surface area contributed by atoms with Crippen molar-refractivity contribution in [2.75, 3.05) is 11.9 Å². The SMILES string of the molecule is C=CCNC(=O)Nc1nnc(-c2ccc(C)c(C)c2)o1. The Bertz CT molecular complexity index is 634. The highest BCUT2D eigenvalue weighted by atomic mass is 16.4. The summed E-state index contributed by atoms with van der Waals surface area (Å²) >= 11 is 0. The molecule has 2 rings (SSSR count). The molecule has 0 atom stereocenters. The van der Waals surface area contributed by atoms with Crippen LogP contribution in [0.4, 0.5) is 10.8 Å². The number of hydrogen-bond donors (Lipinski definition) is 2. The first kappa shape index (κ1) is 13.8. The Balaban J connectivity index is 2.10. The molecule has 0 bridgehead atoms. The fourth-order valence-corrected chi connectivity index (χ4v) is 1.57. The van der Waals surface area contributed by atoms with Crippen LogP contribution in [0.1, 0.15) is 11.1 Å². The van der Waals surface area contributed by atoms with E-state index in [2.05, 4.69) is 27.4 Å². The van der Waals surface area contributed by atoms with Crippen LogP contribution in [0.3, 0.4) is 0 Å². The molecule has 0 saturated heterocycles. The number of aromatic nitrogens is 2. The van der Waals surface area contributed by atoms with Crippen LogP contribution in [0, 0.1) is 13.8 Å². The van der Waals surface area contributed by atoms with Gasteiger partial charge in [-0.2, -0.15) is 0 Å². The maximum atomic E-state index is 11.4. The number of carbonyl (C=O) groups excluding carboxylic acids is 1. The molecule has 6 heteroatoms. The van der Waals surface area contributed by atoms with Gasteiger partial charge in [0.1, 0.15) is 0 Å². The Labute approximate surface area is 116 Å². The maximum absolute atomic E-state index is 11.4. The Kier molecular flexibility index (Phi) is 4.14. The van der Waals surface area contributed by atoms with E-state index >= 15 is 0 Å². The molecule has 0 radical (unpaired) electrons. The van der Waals surface area contributed by atoms with Crippen molar-refractivity contribution in [3.8, 4) is 11.5 Å². The number of nitrogens with one attached hydrogen (secondary N) is 2. The van der Waals surface area contributed by atoms with Gasteiger partial charge in [0.2, 0.25) is 5.89 Å². The van der Waals surface area contributed by atoms with Gasteiger partial charge in [0.15, 0.2) is 0 Å². The van der Waals surface area contributed by atoms with Gasteiger partial charge in [-0.3, -0.25) is 5.32 Å². The minimum absolute atomic E-state index is 0.0554. The van der Waals surface area contributed by atoms with Crippen molar-refractivity contribution >= 4 is 12.0 Å². The molecule has 0 saturated carbocycles. The van der Waals surface area contributed by atoms with Crippen LogP contribution >= 0.6 is 0 Å². The third-order valence-corrected chi connectivity index (χ3v) is 2.81. The highest BCUT2D eigenvalue weighted by Crippen LogP contribution is 2.22. The number of aryl methyl sites for hydroxylation is 2. The summed E-state index contributed by atoms with van der Waals surface area (Å²) in [6.45, 7) is 7.91. The summed E-state index contributed by atoms with van der Waals surface area (Å²) in [5, 5.41) is 12.7.